The van der Waals surface area contributed by atoms with Crippen molar-refractivity contribution in [2.45, 2.75) is 12.5 Å². The molecule has 0 fully saturated rings. The maximum atomic E-state index is 11.6. The summed E-state index contributed by atoms with van der Waals surface area (Å²) in [6.45, 7) is 1.97. The average Bonchev–Trinajstić information content (AvgIpc) is 2.79. The third-order valence-corrected chi connectivity index (χ3v) is 2.96. The van der Waals surface area contributed by atoms with Crippen molar-refractivity contribution < 1.29 is 19.1 Å². The van der Waals surface area contributed by atoms with Gasteiger partial charge in [-0.3, -0.25) is 9.59 Å². The molecule has 0 radical (unpaired) electrons. The molecule has 2 amide bonds. The standard InChI is InChI=1S/C13H20BrN3O4/c1-13(20,8-17(2)3)7-16-11(18)6-15-12(19)9-4-5-10(14)21-9/h4-5,20H,6-8H2,1-3H3,(H,15,19)(H,16,18). The van der Waals surface area contributed by atoms with Crippen LogP contribution in [0.15, 0.2) is 21.2 Å². The number of nitrogens with one attached hydrogen (secondary N) is 2. The van der Waals surface area contributed by atoms with Gasteiger partial charge in [0, 0.05) is 13.1 Å². The molecule has 0 aliphatic rings. The smallest absolute Gasteiger partial charge is 0.287 e. The molecule has 1 aromatic rings. The summed E-state index contributed by atoms with van der Waals surface area (Å²) < 4.78 is 5.50. The number of halogens is 1. The molecule has 8 heteroatoms. The highest BCUT2D eigenvalue weighted by molar-refractivity contribution is 9.10. The van der Waals surface area contributed by atoms with Crippen molar-refractivity contribution in [2.75, 3.05) is 33.7 Å². The maximum Gasteiger partial charge on any atom is 0.287 e. The number of furan rings is 1. The maximum absolute atomic E-state index is 11.6. The van der Waals surface area contributed by atoms with Gasteiger partial charge in [0.15, 0.2) is 10.4 Å². The second-order valence-electron chi connectivity index (χ2n) is 5.30. The van der Waals surface area contributed by atoms with Gasteiger partial charge in [-0.1, -0.05) is 0 Å². The molecule has 0 aromatic carbocycles. The molecule has 3 N–H and O–H groups in total. The number of nitrogens with zero attached hydrogens (tertiary/aromatic N) is 1. The minimum Gasteiger partial charge on any atom is -0.444 e. The van der Waals surface area contributed by atoms with Crippen molar-refractivity contribution in [3.63, 3.8) is 0 Å². The van der Waals surface area contributed by atoms with E-state index < -0.39 is 11.5 Å². The van der Waals surface area contributed by atoms with Gasteiger partial charge < -0.3 is 25.1 Å². The van der Waals surface area contributed by atoms with Crippen LogP contribution in [0.5, 0.6) is 0 Å². The molecule has 0 saturated carbocycles. The molecule has 7 nitrogen and oxygen atoms in total. The van der Waals surface area contributed by atoms with E-state index in [0.717, 1.165) is 0 Å². The number of rotatable bonds is 7. The Labute approximate surface area is 131 Å². The predicted molar refractivity (Wildman–Crippen MR) is 80.9 cm³/mol. The summed E-state index contributed by atoms with van der Waals surface area (Å²) in [7, 11) is 3.66. The van der Waals surface area contributed by atoms with Gasteiger partial charge in [-0.15, -0.1) is 0 Å². The first-order chi connectivity index (χ1) is 9.69. The molecular weight excluding hydrogens is 342 g/mol. The molecule has 0 bridgehead atoms. The Balaban J connectivity index is 2.33. The number of aliphatic hydroxyl groups is 1. The largest absolute Gasteiger partial charge is 0.444 e. The van der Waals surface area contributed by atoms with Gasteiger partial charge in [0.2, 0.25) is 5.91 Å². The molecule has 1 atom stereocenters. The van der Waals surface area contributed by atoms with E-state index in [4.69, 9.17) is 4.42 Å². The summed E-state index contributed by atoms with van der Waals surface area (Å²) in [5.74, 6) is -0.738. The average molecular weight is 362 g/mol. The van der Waals surface area contributed by atoms with Gasteiger partial charge in [-0.05, 0) is 49.1 Å². The fourth-order valence-corrected chi connectivity index (χ4v) is 2.08. The molecular formula is C13H20BrN3O4. The molecule has 0 spiro atoms. The van der Waals surface area contributed by atoms with Gasteiger partial charge >= 0.3 is 0 Å². The minimum absolute atomic E-state index is 0.103. The fraction of sp³-hybridized carbons (Fsp3) is 0.538. The number of amides is 2. The fourth-order valence-electron chi connectivity index (χ4n) is 1.77. The number of hydrogen-bond acceptors (Lipinski definition) is 5. The van der Waals surface area contributed by atoms with E-state index in [0.29, 0.717) is 11.2 Å². The number of carbonyl (C=O) groups is 2. The van der Waals surface area contributed by atoms with E-state index in [1.54, 1.807) is 13.0 Å². The first kappa shape index (κ1) is 17.7. The highest BCUT2D eigenvalue weighted by atomic mass is 79.9. The summed E-state index contributed by atoms with van der Waals surface area (Å²) in [5.41, 5.74) is -1.03. The molecule has 1 heterocycles. The van der Waals surface area contributed by atoms with E-state index in [2.05, 4.69) is 26.6 Å². The molecule has 0 saturated heterocycles. The topological polar surface area (TPSA) is 94.8 Å². The van der Waals surface area contributed by atoms with Crippen molar-refractivity contribution in [3.8, 4) is 0 Å². The zero-order chi connectivity index (χ0) is 16.0. The van der Waals surface area contributed by atoms with Crippen LogP contribution in [0, 0.1) is 0 Å². The van der Waals surface area contributed by atoms with Gasteiger partial charge in [-0.25, -0.2) is 0 Å². The van der Waals surface area contributed by atoms with Crippen LogP contribution in [-0.4, -0.2) is 61.2 Å². The third kappa shape index (κ3) is 6.74. The van der Waals surface area contributed by atoms with Crippen molar-refractivity contribution in [2.24, 2.45) is 0 Å². The van der Waals surface area contributed by atoms with E-state index >= 15 is 0 Å². The molecule has 21 heavy (non-hydrogen) atoms. The molecule has 0 aliphatic carbocycles. The Morgan fingerprint density at radius 1 is 1.38 bits per heavy atom. The normalized spacial score (nSPS) is 13.8. The van der Waals surface area contributed by atoms with Crippen LogP contribution in [-0.2, 0) is 4.79 Å². The first-order valence-corrected chi connectivity index (χ1v) is 7.16. The SMILES string of the molecule is CN(C)CC(C)(O)CNC(=O)CNC(=O)c1ccc(Br)o1. The van der Waals surface area contributed by atoms with E-state index in [1.807, 2.05) is 19.0 Å². The van der Waals surface area contributed by atoms with E-state index in [1.165, 1.54) is 6.07 Å². The number of likely N-dealkylation sites (N-methyl/N-ethyl adjacent to an activating group) is 1. The molecule has 1 aromatic heterocycles. The van der Waals surface area contributed by atoms with Gasteiger partial charge in [0.1, 0.15) is 0 Å². The van der Waals surface area contributed by atoms with E-state index in [-0.39, 0.29) is 24.8 Å². The Kier molecular flexibility index (Phi) is 6.38. The summed E-state index contributed by atoms with van der Waals surface area (Å²) in [5, 5.41) is 15.0. The summed E-state index contributed by atoms with van der Waals surface area (Å²) in [4.78, 5) is 25.1. The number of carbonyl (C=O) groups excluding carboxylic acids is 2. The summed E-state index contributed by atoms with van der Waals surface area (Å²) in [6, 6.07) is 3.09. The highest BCUT2D eigenvalue weighted by Gasteiger charge is 2.22. The molecule has 0 aliphatic heterocycles. The quantitative estimate of drug-likeness (QED) is 0.644. The van der Waals surface area contributed by atoms with Crippen molar-refractivity contribution in [1.82, 2.24) is 15.5 Å². The van der Waals surface area contributed by atoms with Gasteiger partial charge in [-0.2, -0.15) is 0 Å². The summed E-state index contributed by atoms with van der Waals surface area (Å²) in [6.07, 6.45) is 0. The summed E-state index contributed by atoms with van der Waals surface area (Å²) >= 11 is 3.09. The van der Waals surface area contributed by atoms with Gasteiger partial charge in [0.25, 0.3) is 5.91 Å². The van der Waals surface area contributed by atoms with Crippen molar-refractivity contribution in [1.29, 1.82) is 0 Å². The molecule has 118 valence electrons. The van der Waals surface area contributed by atoms with Crippen LogP contribution in [0.25, 0.3) is 0 Å². The zero-order valence-electron chi connectivity index (χ0n) is 12.3. The van der Waals surface area contributed by atoms with Crippen molar-refractivity contribution >= 4 is 27.7 Å². The van der Waals surface area contributed by atoms with Gasteiger partial charge in [0.05, 0.1) is 12.1 Å². The minimum atomic E-state index is -1.03. The number of hydrogen-bond donors (Lipinski definition) is 3. The Hall–Kier alpha value is -1.38. The lowest BCUT2D eigenvalue weighted by atomic mass is 10.1. The molecule has 1 rings (SSSR count). The Bertz CT molecular complexity index is 499. The zero-order valence-corrected chi connectivity index (χ0v) is 13.9. The Morgan fingerprint density at radius 3 is 2.57 bits per heavy atom. The molecule has 1 unspecified atom stereocenters. The first-order valence-electron chi connectivity index (χ1n) is 6.37. The van der Waals surface area contributed by atoms with Crippen LogP contribution in [0.3, 0.4) is 0 Å². The monoisotopic (exact) mass is 361 g/mol. The van der Waals surface area contributed by atoms with Crippen LogP contribution in [0.1, 0.15) is 17.5 Å². The van der Waals surface area contributed by atoms with Crippen LogP contribution in [0.2, 0.25) is 0 Å². The van der Waals surface area contributed by atoms with Crippen LogP contribution in [0.4, 0.5) is 0 Å². The lowest BCUT2D eigenvalue weighted by Crippen LogP contribution is -2.49. The van der Waals surface area contributed by atoms with E-state index in [9.17, 15) is 14.7 Å². The Morgan fingerprint density at radius 2 is 2.05 bits per heavy atom. The van der Waals surface area contributed by atoms with Crippen LogP contribution >= 0.6 is 15.9 Å². The second kappa shape index (κ2) is 7.58. The van der Waals surface area contributed by atoms with Crippen molar-refractivity contribution in [3.05, 3.63) is 22.6 Å². The lowest BCUT2D eigenvalue weighted by molar-refractivity contribution is -0.121. The lowest BCUT2D eigenvalue weighted by Gasteiger charge is -2.27. The highest BCUT2D eigenvalue weighted by Crippen LogP contribution is 2.13. The third-order valence-electron chi connectivity index (χ3n) is 2.53. The second-order valence-corrected chi connectivity index (χ2v) is 6.08. The predicted octanol–water partition coefficient (Wildman–Crippen LogP) is 0.201. The van der Waals surface area contributed by atoms with Crippen LogP contribution < -0.4 is 10.6 Å².